The molecule has 22 nitrogen and oxygen atoms in total. The average molecular weight is 1010 g/mol. The minimum Gasteiger partial charge on any atom is -0.508 e. The van der Waals surface area contributed by atoms with Crippen LogP contribution in [0.25, 0.3) is 0 Å². The van der Waals surface area contributed by atoms with Crippen LogP contribution in [-0.2, 0) is 46.3 Å². The van der Waals surface area contributed by atoms with Crippen LogP contribution in [0.4, 0.5) is 0 Å². The van der Waals surface area contributed by atoms with Gasteiger partial charge in [0.25, 0.3) is 0 Å². The number of fused-ring (bicyclic) bond motifs is 1. The Hall–Kier alpha value is -5.49. The van der Waals surface area contributed by atoms with Gasteiger partial charge in [0.05, 0.1) is 84.7 Å². The van der Waals surface area contributed by atoms with Crippen LogP contribution in [0.3, 0.4) is 0 Å². The summed E-state index contributed by atoms with van der Waals surface area (Å²) in [6, 6.07) is 16.0. The summed E-state index contributed by atoms with van der Waals surface area (Å²) in [5.74, 6) is 6.10. The van der Waals surface area contributed by atoms with Crippen molar-refractivity contribution in [1.29, 1.82) is 0 Å². The van der Waals surface area contributed by atoms with Gasteiger partial charge in [-0.1, -0.05) is 29.2 Å². The van der Waals surface area contributed by atoms with Crippen molar-refractivity contribution in [3.63, 3.8) is 0 Å². The van der Waals surface area contributed by atoms with Gasteiger partial charge < -0.3 is 88.2 Å². The molecule has 11 atom stereocenters. The number of Topliss-reactive ketones (excluding diaryl/α,β-unsaturated/α-hetero) is 1. The number of benzene rings is 3. The number of carbonyl (C=O) groups excluding carboxylic acids is 1. The van der Waals surface area contributed by atoms with E-state index >= 15 is 0 Å². The van der Waals surface area contributed by atoms with Gasteiger partial charge >= 0.3 is 0 Å². The highest BCUT2D eigenvalue weighted by Gasteiger charge is 2.51. The first-order valence-electron chi connectivity index (χ1n) is 23.5. The Bertz CT molecular complexity index is 2410. The fourth-order valence-corrected chi connectivity index (χ4v) is 7.89. The maximum Gasteiger partial charge on any atom is 0.229 e. The molecule has 0 saturated carbocycles. The molecule has 0 bridgehead atoms. The lowest BCUT2D eigenvalue weighted by atomic mass is 9.95. The average Bonchev–Trinajstić information content (AvgIpc) is 3.80. The van der Waals surface area contributed by atoms with E-state index in [1.54, 1.807) is 18.3 Å². The first kappa shape index (κ1) is 54.3. The van der Waals surface area contributed by atoms with Crippen LogP contribution < -0.4 is 14.2 Å². The van der Waals surface area contributed by atoms with Crippen LogP contribution >= 0.6 is 0 Å². The van der Waals surface area contributed by atoms with Crippen molar-refractivity contribution in [1.82, 2.24) is 15.0 Å². The molecule has 4 aromatic rings. The Morgan fingerprint density at radius 1 is 0.778 bits per heavy atom. The maximum absolute atomic E-state index is 13.2. The number of aromatic nitrogens is 3. The van der Waals surface area contributed by atoms with Gasteiger partial charge in [0.15, 0.2) is 18.2 Å². The molecule has 2 saturated heterocycles. The number of hydrogen-bond donors (Lipinski definition) is 8. The molecule has 1 aromatic heterocycles. The topological polar surface area (TPSA) is 302 Å². The summed E-state index contributed by atoms with van der Waals surface area (Å²) >= 11 is 0. The summed E-state index contributed by atoms with van der Waals surface area (Å²) in [4.78, 5) is 13.2. The molecule has 392 valence electrons. The fourth-order valence-electron chi connectivity index (χ4n) is 7.89. The van der Waals surface area contributed by atoms with Crippen molar-refractivity contribution in [3.8, 4) is 40.6 Å². The first-order chi connectivity index (χ1) is 34.6. The van der Waals surface area contributed by atoms with E-state index in [4.69, 9.17) is 52.5 Å². The Balaban J connectivity index is 0.941. The van der Waals surface area contributed by atoms with Gasteiger partial charge in [-0.2, -0.15) is 0 Å². The molecule has 3 aliphatic rings. The smallest absolute Gasteiger partial charge is 0.229 e. The first-order valence-corrected chi connectivity index (χ1v) is 23.5. The fraction of sp³-hybridized carbons (Fsp3) is 0.540. The molecule has 0 aliphatic carbocycles. The molecule has 72 heavy (non-hydrogen) atoms. The highest BCUT2D eigenvalue weighted by Crippen LogP contribution is 2.43. The summed E-state index contributed by atoms with van der Waals surface area (Å²) in [6.45, 7) is 8.21. The van der Waals surface area contributed by atoms with E-state index < -0.39 is 84.5 Å². The molecule has 3 aromatic carbocycles. The van der Waals surface area contributed by atoms with Crippen LogP contribution in [-0.4, -0.2) is 183 Å². The quantitative estimate of drug-likeness (QED) is 0.0382. The van der Waals surface area contributed by atoms with Gasteiger partial charge in [-0.25, -0.2) is 4.68 Å². The Labute approximate surface area is 415 Å². The standard InChI is InChI=1S/C50H63N3O19/c1-29-42(58)44(60)46(62)48(68-29)72-47-45(61)43(59)40(71-49(47)69-35-22-36(56)41-37(57)24-38(70-39(41)23-35)31-6-8-33(55)9-7-31)26-53-25-32(51-52-53)27-66-28-50(2,3)13-12-30-4-10-34(11-5-30)67-21-20-65-19-18-64-17-16-63-15-14-54/h4-11,22-23,25,29,38,40,42-49,54-56,58-62H,14-21,24,26-28H2,1-3H3/t29-,38?,40+,42-,43+,44+,45-,46+,47+,48-,49+/m0/s1. The monoisotopic (exact) mass is 1010 g/mol. The Morgan fingerprint density at radius 2 is 1.47 bits per heavy atom. The number of hydrogen-bond acceptors (Lipinski definition) is 21. The normalized spacial score (nSPS) is 26.3. The predicted octanol–water partition coefficient (Wildman–Crippen LogP) is 1.15. The van der Waals surface area contributed by atoms with Crippen LogP contribution in [0.2, 0.25) is 0 Å². The van der Waals surface area contributed by atoms with E-state index in [2.05, 4.69) is 22.2 Å². The summed E-state index contributed by atoms with van der Waals surface area (Å²) in [5.41, 5.74) is 1.18. The van der Waals surface area contributed by atoms with E-state index in [0.717, 1.165) is 11.6 Å². The van der Waals surface area contributed by atoms with Crippen molar-refractivity contribution in [2.45, 2.75) is 108 Å². The zero-order valence-corrected chi connectivity index (χ0v) is 40.1. The largest absolute Gasteiger partial charge is 0.508 e. The van der Waals surface area contributed by atoms with Gasteiger partial charge in [0.1, 0.15) is 89.3 Å². The van der Waals surface area contributed by atoms with E-state index in [-0.39, 0.29) is 62.2 Å². The molecule has 0 radical (unpaired) electrons. The lowest BCUT2D eigenvalue weighted by Crippen LogP contribution is -2.64. The zero-order valence-electron chi connectivity index (χ0n) is 40.1. The molecule has 2 fully saturated rings. The minimum atomic E-state index is -1.79. The minimum absolute atomic E-state index is 0.0171. The van der Waals surface area contributed by atoms with Crippen LogP contribution in [0.1, 0.15) is 60.5 Å². The van der Waals surface area contributed by atoms with Gasteiger partial charge in [0, 0.05) is 23.1 Å². The van der Waals surface area contributed by atoms with Crippen molar-refractivity contribution < 1.29 is 93.0 Å². The van der Waals surface area contributed by atoms with Crippen LogP contribution in [0.15, 0.2) is 66.9 Å². The molecule has 0 amide bonds. The van der Waals surface area contributed by atoms with E-state index in [1.165, 1.54) is 29.8 Å². The summed E-state index contributed by atoms with van der Waals surface area (Å²) in [5, 5.41) is 92.4. The number of ether oxygens (including phenoxy) is 10. The third kappa shape index (κ3) is 14.6. The van der Waals surface area contributed by atoms with Crippen molar-refractivity contribution in [3.05, 3.63) is 89.2 Å². The second kappa shape index (κ2) is 25.4. The molecule has 8 N–H and O–H groups in total. The predicted molar refractivity (Wildman–Crippen MR) is 249 cm³/mol. The molecular formula is C50H63N3O19. The molecule has 3 aliphatic heterocycles. The number of nitrogens with zero attached hydrogens (tertiary/aromatic N) is 3. The summed E-state index contributed by atoms with van der Waals surface area (Å²) in [6.07, 6.45) is -14.8. The highest BCUT2D eigenvalue weighted by atomic mass is 16.8. The van der Waals surface area contributed by atoms with Crippen molar-refractivity contribution >= 4 is 5.78 Å². The SMILES string of the molecule is C[C@@H]1O[C@@H](O[C@H]2[C@H](Oc3cc(O)c4c(c3)OC(c3ccc(O)cc3)CC4=O)O[C@H](Cn3cc(COCC(C)(C)C#Cc4ccc(OCCOCCOCCOCCO)cc4)nn3)[C@@H](O)[C@@H]2O)[C@H](O)[C@H](O)[C@H]1O. The summed E-state index contributed by atoms with van der Waals surface area (Å²) < 4.78 is 59.2. The molecular weight excluding hydrogens is 947 g/mol. The molecule has 0 spiro atoms. The van der Waals surface area contributed by atoms with Gasteiger partial charge in [-0.15, -0.1) is 5.10 Å². The summed E-state index contributed by atoms with van der Waals surface area (Å²) in [7, 11) is 0. The molecule has 7 rings (SSSR count). The number of aromatic hydroxyl groups is 2. The lowest BCUT2D eigenvalue weighted by molar-refractivity contribution is -0.354. The third-order valence-corrected chi connectivity index (χ3v) is 11.8. The molecule has 4 heterocycles. The number of phenolic OH excluding ortho intramolecular Hbond substituents is 2. The second-order valence-electron chi connectivity index (χ2n) is 18.1. The number of ketones is 1. The van der Waals surface area contributed by atoms with Crippen molar-refractivity contribution in [2.24, 2.45) is 5.41 Å². The highest BCUT2D eigenvalue weighted by molar-refractivity contribution is 6.02. The third-order valence-electron chi connectivity index (χ3n) is 11.8. The van der Waals surface area contributed by atoms with Crippen LogP contribution in [0.5, 0.6) is 28.7 Å². The van der Waals surface area contributed by atoms with E-state index in [0.29, 0.717) is 56.6 Å². The van der Waals surface area contributed by atoms with E-state index in [9.17, 15) is 40.5 Å². The number of phenols is 2. The van der Waals surface area contributed by atoms with Gasteiger partial charge in [-0.3, -0.25) is 4.79 Å². The number of aliphatic hydroxyl groups is 6. The zero-order chi connectivity index (χ0) is 51.4. The number of aliphatic hydroxyl groups excluding tert-OH is 6. The Kier molecular flexibility index (Phi) is 19.2. The van der Waals surface area contributed by atoms with Crippen molar-refractivity contribution in [2.75, 3.05) is 59.5 Å². The molecule has 1 unspecified atom stereocenters. The van der Waals surface area contributed by atoms with E-state index in [1.807, 2.05) is 38.1 Å². The number of rotatable bonds is 23. The lowest BCUT2D eigenvalue weighted by Gasteiger charge is -2.45. The van der Waals surface area contributed by atoms with Gasteiger partial charge in [0.2, 0.25) is 6.29 Å². The second-order valence-corrected chi connectivity index (χ2v) is 18.1. The molecule has 22 heteroatoms. The van der Waals surface area contributed by atoms with Crippen LogP contribution in [0, 0.1) is 17.3 Å². The van der Waals surface area contributed by atoms with Gasteiger partial charge in [-0.05, 0) is 62.7 Å². The Morgan fingerprint density at radius 3 is 2.18 bits per heavy atom. The number of carbonyl (C=O) groups is 1. The maximum atomic E-state index is 13.2.